The molecule has 1 aromatic heterocycles. The number of aryl methyl sites for hydroxylation is 1. The Hall–Kier alpha value is -2.81. The van der Waals surface area contributed by atoms with Gasteiger partial charge in [0.2, 0.25) is 17.5 Å². The number of anilines is 1. The van der Waals surface area contributed by atoms with Gasteiger partial charge in [0.25, 0.3) is 5.91 Å². The zero-order valence-electron chi connectivity index (χ0n) is 14.2. The Labute approximate surface area is 146 Å². The molecule has 1 amide bonds. The Morgan fingerprint density at radius 3 is 2.60 bits per heavy atom. The van der Waals surface area contributed by atoms with Gasteiger partial charge in [0.05, 0.1) is 0 Å². The van der Waals surface area contributed by atoms with Gasteiger partial charge in [-0.3, -0.25) is 4.79 Å². The van der Waals surface area contributed by atoms with Gasteiger partial charge in [0.1, 0.15) is 6.07 Å². The van der Waals surface area contributed by atoms with Gasteiger partial charge in [-0.05, 0) is 31.4 Å². The van der Waals surface area contributed by atoms with Gasteiger partial charge < -0.3 is 14.2 Å². The summed E-state index contributed by atoms with van der Waals surface area (Å²) in [6.07, 6.45) is 2.17. The number of benzene rings is 1. The number of carbonyl (C=O) groups excluding carboxylic acids is 1. The lowest BCUT2D eigenvalue weighted by Crippen LogP contribution is -2.49. The van der Waals surface area contributed by atoms with Crippen LogP contribution in [0.5, 0.6) is 0 Å². The highest BCUT2D eigenvalue weighted by molar-refractivity contribution is 5.95. The maximum Gasteiger partial charge on any atom is 0.254 e. The van der Waals surface area contributed by atoms with Gasteiger partial charge in [-0.1, -0.05) is 18.2 Å². The van der Waals surface area contributed by atoms with Gasteiger partial charge in [-0.25, -0.2) is 4.98 Å². The molecule has 128 valence electrons. The third-order valence-electron chi connectivity index (χ3n) is 4.89. The Morgan fingerprint density at radius 1 is 1.24 bits per heavy atom. The number of piperazine rings is 1. The van der Waals surface area contributed by atoms with Crippen molar-refractivity contribution in [3.63, 3.8) is 0 Å². The van der Waals surface area contributed by atoms with E-state index in [-0.39, 0.29) is 5.91 Å². The van der Waals surface area contributed by atoms with Crippen molar-refractivity contribution in [3.05, 3.63) is 47.0 Å². The van der Waals surface area contributed by atoms with E-state index in [2.05, 4.69) is 11.1 Å². The van der Waals surface area contributed by atoms with Gasteiger partial charge in [0.15, 0.2) is 0 Å². The van der Waals surface area contributed by atoms with E-state index in [1.54, 1.807) is 0 Å². The molecule has 2 heterocycles. The number of aromatic nitrogens is 1. The van der Waals surface area contributed by atoms with Crippen molar-refractivity contribution < 1.29 is 9.21 Å². The summed E-state index contributed by atoms with van der Waals surface area (Å²) in [5.41, 5.74) is 2.11. The molecular weight excluding hydrogens is 316 g/mol. The molecule has 0 N–H and O–H groups in total. The molecule has 0 radical (unpaired) electrons. The Bertz CT molecular complexity index is 839. The second kappa shape index (κ2) is 6.25. The summed E-state index contributed by atoms with van der Waals surface area (Å²) in [6.45, 7) is 4.46. The molecule has 25 heavy (non-hydrogen) atoms. The number of nitriles is 1. The zero-order valence-corrected chi connectivity index (χ0v) is 14.2. The minimum Gasteiger partial charge on any atom is -0.423 e. The molecule has 1 saturated carbocycles. The summed E-state index contributed by atoms with van der Waals surface area (Å²) in [6, 6.07) is 9.79. The number of amides is 1. The SMILES string of the molecule is Cc1ccccc1C(=O)N1CCN(c2oc(C3CC3)nc2C#N)CC1. The van der Waals surface area contributed by atoms with E-state index >= 15 is 0 Å². The molecular formula is C19H20N4O2. The van der Waals surface area contributed by atoms with Gasteiger partial charge in [-0.15, -0.1) is 0 Å². The van der Waals surface area contributed by atoms with E-state index in [1.165, 1.54) is 0 Å². The van der Waals surface area contributed by atoms with Crippen molar-refractivity contribution in [2.24, 2.45) is 0 Å². The minimum absolute atomic E-state index is 0.0643. The Kier molecular flexibility index (Phi) is 3.92. The predicted molar refractivity (Wildman–Crippen MR) is 92.5 cm³/mol. The normalized spacial score (nSPS) is 17.4. The molecule has 2 aliphatic rings. The fourth-order valence-corrected chi connectivity index (χ4v) is 3.22. The van der Waals surface area contributed by atoms with E-state index in [0.717, 1.165) is 24.0 Å². The molecule has 1 saturated heterocycles. The molecule has 4 rings (SSSR count). The lowest BCUT2D eigenvalue weighted by atomic mass is 10.1. The van der Waals surface area contributed by atoms with Crippen LogP contribution >= 0.6 is 0 Å². The topological polar surface area (TPSA) is 73.4 Å². The number of hydrogen-bond donors (Lipinski definition) is 0. The largest absolute Gasteiger partial charge is 0.423 e. The first kappa shape index (κ1) is 15.7. The van der Waals surface area contributed by atoms with Crippen LogP contribution in [0.25, 0.3) is 0 Å². The minimum atomic E-state index is 0.0643. The van der Waals surface area contributed by atoms with Gasteiger partial charge >= 0.3 is 0 Å². The van der Waals surface area contributed by atoms with Crippen molar-refractivity contribution in [1.82, 2.24) is 9.88 Å². The van der Waals surface area contributed by atoms with Crippen molar-refractivity contribution in [2.45, 2.75) is 25.7 Å². The smallest absolute Gasteiger partial charge is 0.254 e. The molecule has 0 bridgehead atoms. The first-order valence-electron chi connectivity index (χ1n) is 8.68. The number of carbonyl (C=O) groups is 1. The van der Waals surface area contributed by atoms with Crippen LogP contribution in [0.4, 0.5) is 5.88 Å². The van der Waals surface area contributed by atoms with Crippen LogP contribution < -0.4 is 4.90 Å². The average Bonchev–Trinajstić information content (AvgIpc) is 3.41. The highest BCUT2D eigenvalue weighted by Crippen LogP contribution is 2.41. The second-order valence-corrected chi connectivity index (χ2v) is 6.69. The number of oxazole rings is 1. The molecule has 2 aromatic rings. The number of nitrogens with zero attached hydrogens (tertiary/aromatic N) is 4. The summed E-state index contributed by atoms with van der Waals surface area (Å²) in [7, 11) is 0. The van der Waals surface area contributed by atoms with Crippen LogP contribution in [0.15, 0.2) is 28.7 Å². The monoisotopic (exact) mass is 336 g/mol. The number of rotatable bonds is 3. The summed E-state index contributed by atoms with van der Waals surface area (Å²) in [4.78, 5) is 20.9. The van der Waals surface area contributed by atoms with E-state index in [1.807, 2.05) is 41.0 Å². The van der Waals surface area contributed by atoms with Crippen molar-refractivity contribution in [2.75, 3.05) is 31.1 Å². The van der Waals surface area contributed by atoms with E-state index in [9.17, 15) is 10.1 Å². The highest BCUT2D eigenvalue weighted by atomic mass is 16.4. The predicted octanol–water partition coefficient (Wildman–Crippen LogP) is 2.69. The van der Waals surface area contributed by atoms with E-state index in [4.69, 9.17) is 4.42 Å². The summed E-state index contributed by atoms with van der Waals surface area (Å²) < 4.78 is 5.86. The summed E-state index contributed by atoms with van der Waals surface area (Å²) in [5.74, 6) is 1.69. The highest BCUT2D eigenvalue weighted by Gasteiger charge is 2.33. The molecule has 2 fully saturated rings. The quantitative estimate of drug-likeness (QED) is 0.861. The van der Waals surface area contributed by atoms with Crippen LogP contribution in [0.2, 0.25) is 0 Å². The molecule has 6 nitrogen and oxygen atoms in total. The zero-order chi connectivity index (χ0) is 17.4. The molecule has 1 aliphatic heterocycles. The van der Waals surface area contributed by atoms with Crippen molar-refractivity contribution in [1.29, 1.82) is 5.26 Å². The average molecular weight is 336 g/mol. The molecule has 6 heteroatoms. The first-order valence-corrected chi connectivity index (χ1v) is 8.68. The standard InChI is InChI=1S/C19H20N4O2/c1-13-4-2-3-5-15(13)18(24)22-8-10-23(11-9-22)19-16(12-20)21-17(25-19)14-6-7-14/h2-5,14H,6-11H2,1H3. The van der Waals surface area contributed by atoms with Crippen LogP contribution in [-0.4, -0.2) is 42.0 Å². The molecule has 1 aliphatic carbocycles. The molecule has 1 aromatic carbocycles. The molecule has 0 spiro atoms. The number of hydrogen-bond acceptors (Lipinski definition) is 5. The fourth-order valence-electron chi connectivity index (χ4n) is 3.22. The first-order chi connectivity index (χ1) is 12.2. The lowest BCUT2D eigenvalue weighted by molar-refractivity contribution is 0.0744. The Morgan fingerprint density at radius 2 is 1.96 bits per heavy atom. The third kappa shape index (κ3) is 2.98. The summed E-state index contributed by atoms with van der Waals surface area (Å²) in [5, 5.41) is 9.32. The maximum absolute atomic E-state index is 12.7. The van der Waals surface area contributed by atoms with Crippen LogP contribution in [0, 0.1) is 18.3 Å². The van der Waals surface area contributed by atoms with Crippen molar-refractivity contribution in [3.8, 4) is 6.07 Å². The lowest BCUT2D eigenvalue weighted by Gasteiger charge is -2.34. The maximum atomic E-state index is 12.7. The van der Waals surface area contributed by atoms with Crippen molar-refractivity contribution >= 4 is 11.8 Å². The van der Waals surface area contributed by atoms with Gasteiger partial charge in [-0.2, -0.15) is 5.26 Å². The van der Waals surface area contributed by atoms with E-state index in [0.29, 0.717) is 49.6 Å². The van der Waals surface area contributed by atoms with Crippen LogP contribution in [0.3, 0.4) is 0 Å². The third-order valence-corrected chi connectivity index (χ3v) is 4.89. The van der Waals surface area contributed by atoms with E-state index < -0.39 is 0 Å². The van der Waals surface area contributed by atoms with Gasteiger partial charge in [0, 0.05) is 37.7 Å². The second-order valence-electron chi connectivity index (χ2n) is 6.69. The molecule has 0 unspecified atom stereocenters. The Balaban J connectivity index is 1.46. The fraction of sp³-hybridized carbons (Fsp3) is 0.421. The van der Waals surface area contributed by atoms with Crippen LogP contribution in [0.1, 0.15) is 46.3 Å². The summed E-state index contributed by atoms with van der Waals surface area (Å²) >= 11 is 0. The van der Waals surface area contributed by atoms with Crippen LogP contribution in [-0.2, 0) is 0 Å². The molecule has 0 atom stereocenters.